The molecule has 1 fully saturated rings. The first-order valence-corrected chi connectivity index (χ1v) is 7.38. The van der Waals surface area contributed by atoms with Crippen LogP contribution in [0.1, 0.15) is 25.3 Å². The minimum absolute atomic E-state index is 0.000504. The van der Waals surface area contributed by atoms with Crippen molar-refractivity contribution in [3.63, 3.8) is 0 Å². The van der Waals surface area contributed by atoms with Gasteiger partial charge in [0.05, 0.1) is 6.61 Å². The average molecular weight is 308 g/mol. The first-order valence-electron chi connectivity index (χ1n) is 6.98. The van der Waals surface area contributed by atoms with Crippen molar-refractivity contribution >= 4 is 23.1 Å². The normalized spacial score (nSPS) is 13.6. The maximum Gasteiger partial charge on any atom is 0.260 e. The van der Waals surface area contributed by atoms with Gasteiger partial charge in [0, 0.05) is 18.7 Å². The molecule has 1 saturated carbocycles. The van der Waals surface area contributed by atoms with Gasteiger partial charge in [-0.05, 0) is 38.0 Å². The van der Waals surface area contributed by atoms with Gasteiger partial charge in [-0.15, -0.1) is 0 Å². The van der Waals surface area contributed by atoms with Gasteiger partial charge in [0.25, 0.3) is 5.91 Å². The molecule has 0 radical (unpaired) electrons. The monoisotopic (exact) mass is 308 g/mol. The second-order valence-corrected chi connectivity index (χ2v) is 5.42. The third-order valence-electron chi connectivity index (χ3n) is 3.37. The molecule has 0 heterocycles. The smallest absolute Gasteiger partial charge is 0.260 e. The van der Waals surface area contributed by atoms with Crippen molar-refractivity contribution < 1.29 is 14.3 Å². The van der Waals surface area contributed by atoms with Gasteiger partial charge in [-0.3, -0.25) is 4.79 Å². The van der Waals surface area contributed by atoms with Crippen LogP contribution >= 0.6 is 12.2 Å². The fourth-order valence-electron chi connectivity index (χ4n) is 1.96. The summed E-state index contributed by atoms with van der Waals surface area (Å²) in [6.45, 7) is 2.37. The predicted molar refractivity (Wildman–Crippen MR) is 84.8 cm³/mol. The van der Waals surface area contributed by atoms with Crippen LogP contribution in [0.15, 0.2) is 18.2 Å². The summed E-state index contributed by atoms with van der Waals surface area (Å²) >= 11 is 4.95. The maximum absolute atomic E-state index is 12.0. The molecule has 114 valence electrons. The van der Waals surface area contributed by atoms with Gasteiger partial charge in [-0.2, -0.15) is 0 Å². The van der Waals surface area contributed by atoms with E-state index in [1.165, 1.54) is 0 Å². The lowest BCUT2D eigenvalue weighted by Crippen LogP contribution is -2.33. The first-order chi connectivity index (χ1) is 10.0. The van der Waals surface area contributed by atoms with E-state index in [-0.39, 0.29) is 12.5 Å². The van der Waals surface area contributed by atoms with Crippen molar-refractivity contribution in [3.8, 4) is 11.5 Å². The van der Waals surface area contributed by atoms with E-state index in [1.54, 1.807) is 23.1 Å². The number of thiocarbonyl (C=S) groups is 1. The molecule has 0 atom stereocenters. The van der Waals surface area contributed by atoms with Gasteiger partial charge in [-0.25, -0.2) is 0 Å². The van der Waals surface area contributed by atoms with Crippen molar-refractivity contribution in [3.05, 3.63) is 23.8 Å². The van der Waals surface area contributed by atoms with E-state index in [0.29, 0.717) is 34.7 Å². The highest BCUT2D eigenvalue weighted by molar-refractivity contribution is 7.80. The lowest BCUT2D eigenvalue weighted by Gasteiger charge is -2.18. The van der Waals surface area contributed by atoms with Crippen molar-refractivity contribution in [2.45, 2.75) is 25.8 Å². The zero-order valence-corrected chi connectivity index (χ0v) is 13.1. The van der Waals surface area contributed by atoms with Crippen LogP contribution in [0.3, 0.4) is 0 Å². The number of likely N-dealkylation sites (N-methyl/N-ethyl adjacent to an activating group) is 1. The van der Waals surface area contributed by atoms with E-state index in [9.17, 15) is 4.79 Å². The van der Waals surface area contributed by atoms with Crippen molar-refractivity contribution in [1.29, 1.82) is 0 Å². The van der Waals surface area contributed by atoms with Crippen molar-refractivity contribution in [1.82, 2.24) is 4.90 Å². The van der Waals surface area contributed by atoms with Gasteiger partial charge in [-0.1, -0.05) is 12.2 Å². The third-order valence-corrected chi connectivity index (χ3v) is 3.60. The summed E-state index contributed by atoms with van der Waals surface area (Å²) in [4.78, 5) is 14.0. The molecule has 6 heteroatoms. The number of hydrogen-bond acceptors (Lipinski definition) is 4. The van der Waals surface area contributed by atoms with E-state index in [4.69, 9.17) is 27.4 Å². The molecule has 0 aliphatic heterocycles. The molecule has 2 N–H and O–H groups in total. The highest BCUT2D eigenvalue weighted by Gasteiger charge is 2.29. The van der Waals surface area contributed by atoms with E-state index in [0.717, 1.165) is 12.8 Å². The molecular formula is C15H20N2O3S. The minimum atomic E-state index is -0.0293. The second-order valence-electron chi connectivity index (χ2n) is 4.98. The van der Waals surface area contributed by atoms with E-state index >= 15 is 0 Å². The lowest BCUT2D eigenvalue weighted by atomic mass is 10.2. The van der Waals surface area contributed by atoms with Crippen LogP contribution in [0.25, 0.3) is 0 Å². The summed E-state index contributed by atoms with van der Waals surface area (Å²) in [5, 5.41) is 0. The van der Waals surface area contributed by atoms with Crippen LogP contribution < -0.4 is 15.2 Å². The number of rotatable bonds is 7. The largest absolute Gasteiger partial charge is 0.490 e. The van der Waals surface area contributed by atoms with Crippen LogP contribution in [0.2, 0.25) is 0 Å². The first kappa shape index (κ1) is 15.6. The lowest BCUT2D eigenvalue weighted by molar-refractivity contribution is -0.132. The molecule has 1 aromatic carbocycles. The van der Waals surface area contributed by atoms with Crippen LogP contribution in [-0.2, 0) is 4.79 Å². The number of amides is 1. The summed E-state index contributed by atoms with van der Waals surface area (Å²) in [5.74, 6) is 1.04. The molecular weight excluding hydrogens is 288 g/mol. The Morgan fingerprint density at radius 2 is 2.10 bits per heavy atom. The second kappa shape index (κ2) is 6.76. The number of carbonyl (C=O) groups is 1. The zero-order chi connectivity index (χ0) is 15.4. The highest BCUT2D eigenvalue weighted by atomic mass is 32.1. The van der Waals surface area contributed by atoms with Crippen LogP contribution in [0.4, 0.5) is 0 Å². The van der Waals surface area contributed by atoms with Gasteiger partial charge in [0.1, 0.15) is 4.99 Å². The molecule has 21 heavy (non-hydrogen) atoms. The fourth-order valence-corrected chi connectivity index (χ4v) is 2.08. The van der Waals surface area contributed by atoms with Crippen LogP contribution in [-0.4, -0.2) is 42.1 Å². The molecule has 0 unspecified atom stereocenters. The minimum Gasteiger partial charge on any atom is -0.490 e. The Morgan fingerprint density at radius 3 is 2.67 bits per heavy atom. The van der Waals surface area contributed by atoms with E-state index in [2.05, 4.69) is 0 Å². The molecule has 1 aromatic rings. The number of benzene rings is 1. The number of carbonyl (C=O) groups excluding carboxylic acids is 1. The van der Waals surface area contributed by atoms with Crippen LogP contribution in [0.5, 0.6) is 11.5 Å². The molecule has 0 bridgehead atoms. The maximum atomic E-state index is 12.0. The number of nitrogens with zero attached hydrogens (tertiary/aromatic N) is 1. The fraction of sp³-hybridized carbons (Fsp3) is 0.467. The molecule has 1 aliphatic rings. The topological polar surface area (TPSA) is 64.8 Å². The predicted octanol–water partition coefficient (Wildman–Crippen LogP) is 1.72. The summed E-state index contributed by atoms with van der Waals surface area (Å²) in [6.07, 6.45) is 2.16. The SMILES string of the molecule is CCOc1cc(C(N)=S)ccc1OCC(=O)N(C)C1CC1. The molecule has 0 saturated heterocycles. The number of hydrogen-bond donors (Lipinski definition) is 1. The molecule has 0 spiro atoms. The molecule has 1 amide bonds. The molecule has 1 aliphatic carbocycles. The Hall–Kier alpha value is -1.82. The highest BCUT2D eigenvalue weighted by Crippen LogP contribution is 2.29. The average Bonchev–Trinajstić information content (AvgIpc) is 3.29. The number of nitrogens with two attached hydrogens (primary N) is 1. The zero-order valence-electron chi connectivity index (χ0n) is 12.3. The Bertz CT molecular complexity index is 544. The molecule has 0 aromatic heterocycles. The Morgan fingerprint density at radius 1 is 1.38 bits per heavy atom. The number of ether oxygens (including phenoxy) is 2. The quantitative estimate of drug-likeness (QED) is 0.777. The Kier molecular flexibility index (Phi) is 5.01. The summed E-state index contributed by atoms with van der Waals surface area (Å²) < 4.78 is 11.1. The van der Waals surface area contributed by atoms with Crippen molar-refractivity contribution in [2.24, 2.45) is 5.73 Å². The van der Waals surface area contributed by atoms with Gasteiger partial charge >= 0.3 is 0 Å². The Balaban J connectivity index is 2.04. The molecule has 2 rings (SSSR count). The van der Waals surface area contributed by atoms with Gasteiger partial charge < -0.3 is 20.1 Å². The standard InChI is InChI=1S/C15H20N2O3S/c1-3-19-13-8-10(15(16)21)4-7-12(13)20-9-14(18)17(2)11-5-6-11/h4,7-8,11H,3,5-6,9H2,1-2H3,(H2,16,21). The third kappa shape index (κ3) is 4.07. The van der Waals surface area contributed by atoms with Gasteiger partial charge in [0.15, 0.2) is 18.1 Å². The van der Waals surface area contributed by atoms with E-state index in [1.807, 2.05) is 14.0 Å². The summed E-state index contributed by atoms with van der Waals surface area (Å²) in [5.41, 5.74) is 6.32. The van der Waals surface area contributed by atoms with Gasteiger partial charge in [0.2, 0.25) is 0 Å². The van der Waals surface area contributed by atoms with Crippen LogP contribution in [0, 0.1) is 0 Å². The Labute approximate surface area is 130 Å². The van der Waals surface area contributed by atoms with E-state index < -0.39 is 0 Å². The summed E-state index contributed by atoms with van der Waals surface area (Å²) in [7, 11) is 1.81. The summed E-state index contributed by atoms with van der Waals surface area (Å²) in [6, 6.07) is 5.60. The van der Waals surface area contributed by atoms with Crippen molar-refractivity contribution in [2.75, 3.05) is 20.3 Å². The molecule has 5 nitrogen and oxygen atoms in total.